The molecule has 4 aromatic rings. The molecular formula is C25H20FN3O2. The van der Waals surface area contributed by atoms with E-state index in [-0.39, 0.29) is 5.56 Å². The largest absolute Gasteiger partial charge is 0.493 e. The van der Waals surface area contributed by atoms with E-state index >= 15 is 0 Å². The van der Waals surface area contributed by atoms with Crippen LogP contribution in [-0.4, -0.2) is 23.7 Å². The number of rotatable bonds is 6. The zero-order valence-corrected chi connectivity index (χ0v) is 16.9. The first-order valence-electron chi connectivity index (χ1n) is 9.87. The third kappa shape index (κ3) is 4.43. The topological polar surface area (TPSA) is 63.6 Å². The molecule has 0 saturated heterocycles. The van der Waals surface area contributed by atoms with Crippen LogP contribution in [0.15, 0.2) is 84.0 Å². The second kappa shape index (κ2) is 9.17. The molecule has 0 fully saturated rings. The normalized spacial score (nSPS) is 11.0. The number of halogens is 1. The van der Waals surface area contributed by atoms with Crippen molar-refractivity contribution in [2.75, 3.05) is 6.61 Å². The van der Waals surface area contributed by atoms with E-state index in [1.807, 2.05) is 55.5 Å². The Balaban J connectivity index is 1.72. The molecule has 0 saturated carbocycles. The SMILES string of the molecule is CCOc1ccccc1-c1cc(C(=O)NN=Cc2ccccc2F)c2ccccc2n1. The maximum Gasteiger partial charge on any atom is 0.272 e. The Morgan fingerprint density at radius 2 is 1.81 bits per heavy atom. The standard InChI is InChI=1S/C25H20FN3O2/c1-2-31-24-14-8-5-11-19(24)23-15-20(18-10-4-7-13-22(18)28-23)25(30)29-27-16-17-9-3-6-12-21(17)26/h3-16H,2H2,1H3,(H,29,30). The van der Waals surface area contributed by atoms with Crippen LogP contribution < -0.4 is 10.2 Å². The lowest BCUT2D eigenvalue weighted by atomic mass is 10.0. The number of pyridine rings is 1. The second-order valence-corrected chi connectivity index (χ2v) is 6.72. The van der Waals surface area contributed by atoms with Crippen molar-refractivity contribution in [2.24, 2.45) is 5.10 Å². The van der Waals surface area contributed by atoms with Crippen molar-refractivity contribution in [3.8, 4) is 17.0 Å². The number of fused-ring (bicyclic) bond motifs is 1. The van der Waals surface area contributed by atoms with E-state index in [1.165, 1.54) is 12.3 Å². The molecule has 0 atom stereocenters. The number of para-hydroxylation sites is 2. The number of ether oxygens (including phenoxy) is 1. The molecule has 1 aromatic heterocycles. The summed E-state index contributed by atoms with van der Waals surface area (Å²) in [6.45, 7) is 2.43. The lowest BCUT2D eigenvalue weighted by Gasteiger charge is -2.12. The molecule has 5 nitrogen and oxygen atoms in total. The Kier molecular flexibility index (Phi) is 5.98. The van der Waals surface area contributed by atoms with Crippen LogP contribution in [0.5, 0.6) is 5.75 Å². The van der Waals surface area contributed by atoms with E-state index in [9.17, 15) is 9.18 Å². The first kappa shape index (κ1) is 20.2. The van der Waals surface area contributed by atoms with Crippen LogP contribution in [0.4, 0.5) is 4.39 Å². The van der Waals surface area contributed by atoms with Crippen LogP contribution in [0, 0.1) is 5.82 Å². The molecule has 4 rings (SSSR count). The van der Waals surface area contributed by atoms with E-state index < -0.39 is 11.7 Å². The Hall–Kier alpha value is -4.06. The molecular weight excluding hydrogens is 393 g/mol. The number of nitrogens with one attached hydrogen (secondary N) is 1. The smallest absolute Gasteiger partial charge is 0.272 e. The molecule has 0 bridgehead atoms. The minimum atomic E-state index is -0.415. The Morgan fingerprint density at radius 3 is 2.65 bits per heavy atom. The Bertz CT molecular complexity index is 1270. The summed E-state index contributed by atoms with van der Waals surface area (Å²) in [5.74, 6) is -0.136. The predicted octanol–water partition coefficient (Wildman–Crippen LogP) is 5.20. The number of nitrogens with zero attached hydrogens (tertiary/aromatic N) is 2. The fourth-order valence-electron chi connectivity index (χ4n) is 3.26. The average molecular weight is 413 g/mol. The van der Waals surface area contributed by atoms with Gasteiger partial charge in [-0.25, -0.2) is 14.8 Å². The molecule has 1 N–H and O–H groups in total. The first-order valence-corrected chi connectivity index (χ1v) is 9.87. The third-order valence-corrected chi connectivity index (χ3v) is 4.70. The van der Waals surface area contributed by atoms with Gasteiger partial charge in [0.1, 0.15) is 11.6 Å². The number of hydrogen-bond acceptors (Lipinski definition) is 4. The van der Waals surface area contributed by atoms with E-state index in [1.54, 1.807) is 24.3 Å². The summed E-state index contributed by atoms with van der Waals surface area (Å²) >= 11 is 0. The number of hydrogen-bond donors (Lipinski definition) is 1. The van der Waals surface area contributed by atoms with Gasteiger partial charge in [-0.05, 0) is 37.3 Å². The minimum Gasteiger partial charge on any atom is -0.493 e. The van der Waals surface area contributed by atoms with Crippen LogP contribution >= 0.6 is 0 Å². The summed E-state index contributed by atoms with van der Waals surface area (Å²) in [5, 5.41) is 4.62. The summed E-state index contributed by atoms with van der Waals surface area (Å²) in [7, 11) is 0. The van der Waals surface area contributed by atoms with E-state index in [2.05, 4.69) is 10.5 Å². The van der Waals surface area contributed by atoms with Gasteiger partial charge in [0.2, 0.25) is 0 Å². The zero-order valence-electron chi connectivity index (χ0n) is 16.9. The van der Waals surface area contributed by atoms with Gasteiger partial charge in [-0.3, -0.25) is 4.79 Å². The van der Waals surface area contributed by atoms with Crippen molar-refractivity contribution in [1.82, 2.24) is 10.4 Å². The summed E-state index contributed by atoms with van der Waals surface area (Å²) in [6, 6.07) is 22.9. The second-order valence-electron chi connectivity index (χ2n) is 6.72. The van der Waals surface area contributed by atoms with Crippen LogP contribution in [0.1, 0.15) is 22.8 Å². The van der Waals surface area contributed by atoms with Crippen molar-refractivity contribution in [1.29, 1.82) is 0 Å². The van der Waals surface area contributed by atoms with Crippen LogP contribution in [0.25, 0.3) is 22.2 Å². The van der Waals surface area contributed by atoms with E-state index in [4.69, 9.17) is 9.72 Å². The summed E-state index contributed by atoms with van der Waals surface area (Å²) in [5.41, 5.74) is 5.27. The highest BCUT2D eigenvalue weighted by molar-refractivity contribution is 6.07. The van der Waals surface area contributed by atoms with Crippen molar-refractivity contribution in [2.45, 2.75) is 6.92 Å². The Morgan fingerprint density at radius 1 is 1.06 bits per heavy atom. The average Bonchev–Trinajstić information content (AvgIpc) is 2.80. The lowest BCUT2D eigenvalue weighted by Crippen LogP contribution is -2.18. The van der Waals surface area contributed by atoms with E-state index in [0.29, 0.717) is 34.5 Å². The molecule has 0 aliphatic rings. The van der Waals surface area contributed by atoms with Gasteiger partial charge in [-0.15, -0.1) is 0 Å². The molecule has 1 amide bonds. The van der Waals surface area contributed by atoms with Gasteiger partial charge in [0.05, 0.1) is 29.6 Å². The molecule has 31 heavy (non-hydrogen) atoms. The quantitative estimate of drug-likeness (QED) is 0.349. The third-order valence-electron chi connectivity index (χ3n) is 4.70. The number of hydrazone groups is 1. The van der Waals surface area contributed by atoms with Crippen molar-refractivity contribution >= 4 is 23.0 Å². The van der Waals surface area contributed by atoms with Gasteiger partial charge >= 0.3 is 0 Å². The maximum atomic E-state index is 13.8. The van der Waals surface area contributed by atoms with Gasteiger partial charge < -0.3 is 4.74 Å². The predicted molar refractivity (Wildman–Crippen MR) is 120 cm³/mol. The monoisotopic (exact) mass is 413 g/mol. The molecule has 3 aromatic carbocycles. The number of carbonyl (C=O) groups excluding carboxylic acids is 1. The maximum absolute atomic E-state index is 13.8. The Labute approximate surface area is 179 Å². The fourth-order valence-corrected chi connectivity index (χ4v) is 3.26. The molecule has 0 unspecified atom stereocenters. The van der Waals surface area contributed by atoms with Crippen molar-refractivity contribution in [3.05, 3.63) is 95.8 Å². The number of benzene rings is 3. The molecule has 0 spiro atoms. The highest BCUT2D eigenvalue weighted by atomic mass is 19.1. The first-order chi connectivity index (χ1) is 15.2. The van der Waals surface area contributed by atoms with Crippen LogP contribution in [-0.2, 0) is 0 Å². The molecule has 0 radical (unpaired) electrons. The molecule has 1 heterocycles. The summed E-state index contributed by atoms with van der Waals surface area (Å²) in [4.78, 5) is 17.7. The molecule has 0 aliphatic carbocycles. The van der Waals surface area contributed by atoms with Gasteiger partial charge in [0.15, 0.2) is 0 Å². The summed E-state index contributed by atoms with van der Waals surface area (Å²) < 4.78 is 19.5. The zero-order chi connectivity index (χ0) is 21.6. The van der Waals surface area contributed by atoms with Crippen LogP contribution in [0.3, 0.4) is 0 Å². The van der Waals surface area contributed by atoms with Crippen molar-refractivity contribution in [3.63, 3.8) is 0 Å². The van der Waals surface area contributed by atoms with Gasteiger partial charge in [0.25, 0.3) is 5.91 Å². The highest BCUT2D eigenvalue weighted by Gasteiger charge is 2.15. The van der Waals surface area contributed by atoms with Gasteiger partial charge in [-0.2, -0.15) is 5.10 Å². The highest BCUT2D eigenvalue weighted by Crippen LogP contribution is 2.31. The fraction of sp³-hybridized carbons (Fsp3) is 0.0800. The molecule has 154 valence electrons. The molecule has 0 aliphatic heterocycles. The lowest BCUT2D eigenvalue weighted by molar-refractivity contribution is 0.0956. The van der Waals surface area contributed by atoms with Crippen LogP contribution in [0.2, 0.25) is 0 Å². The van der Waals surface area contributed by atoms with Crippen molar-refractivity contribution < 1.29 is 13.9 Å². The van der Waals surface area contributed by atoms with Gasteiger partial charge in [0, 0.05) is 16.5 Å². The number of carbonyl (C=O) groups is 1. The summed E-state index contributed by atoms with van der Waals surface area (Å²) in [6.07, 6.45) is 1.28. The van der Waals surface area contributed by atoms with E-state index in [0.717, 1.165) is 5.56 Å². The minimum absolute atomic E-state index is 0.286. The number of amides is 1. The molecule has 6 heteroatoms. The number of aromatic nitrogens is 1. The van der Waals surface area contributed by atoms with Gasteiger partial charge in [-0.1, -0.05) is 48.5 Å².